The minimum absolute atomic E-state index is 0.504. The highest BCUT2D eigenvalue weighted by Crippen LogP contribution is 2.26. The number of nitrogens with one attached hydrogen (secondary N) is 1. The topological polar surface area (TPSA) is 24.9 Å². The number of aromatic nitrogens is 1. The first-order chi connectivity index (χ1) is 8.19. The minimum atomic E-state index is 0.504. The van der Waals surface area contributed by atoms with Gasteiger partial charge in [-0.2, -0.15) is 0 Å². The Morgan fingerprint density at radius 3 is 2.76 bits per heavy atom. The van der Waals surface area contributed by atoms with Crippen molar-refractivity contribution < 1.29 is 0 Å². The minimum Gasteiger partial charge on any atom is -0.339 e. The molecule has 0 saturated heterocycles. The fourth-order valence-electron chi connectivity index (χ4n) is 1.38. The highest BCUT2D eigenvalue weighted by Gasteiger charge is 2.03. The summed E-state index contributed by atoms with van der Waals surface area (Å²) in [5, 5.41) is 3.24. The molecule has 1 N–H and O–H groups in total. The van der Waals surface area contributed by atoms with Crippen molar-refractivity contribution in [2.24, 2.45) is 0 Å². The molecule has 0 aliphatic carbocycles. The van der Waals surface area contributed by atoms with Gasteiger partial charge in [0.25, 0.3) is 0 Å². The molecule has 1 aromatic heterocycles. The van der Waals surface area contributed by atoms with Gasteiger partial charge in [0.1, 0.15) is 5.82 Å². The molecule has 0 aliphatic rings. The number of rotatable bonds is 3. The first-order valence-electron chi connectivity index (χ1n) is 4.92. The Balaban J connectivity index is 2.25. The third-order valence-electron chi connectivity index (χ3n) is 2.15. The molecule has 0 radical (unpaired) electrons. The Labute approximate surface area is 122 Å². The van der Waals surface area contributed by atoms with Crippen molar-refractivity contribution in [2.75, 3.05) is 5.32 Å². The number of halogens is 3. The van der Waals surface area contributed by atoms with Crippen LogP contribution in [0.4, 0.5) is 11.5 Å². The van der Waals surface area contributed by atoms with Gasteiger partial charge in [-0.15, -0.1) is 11.6 Å². The quantitative estimate of drug-likeness (QED) is 0.755. The number of nitrogens with zero attached hydrogens (tertiary/aromatic N) is 1. The third kappa shape index (κ3) is 3.44. The molecule has 88 valence electrons. The standard InChI is InChI=1S/C12H9Br2ClN2/c13-9-5-11(14)12(16-7-9)17-10-3-1-2-8(4-10)6-15/h1-5,7H,6H2,(H,16,17). The summed E-state index contributed by atoms with van der Waals surface area (Å²) < 4.78 is 1.84. The van der Waals surface area contributed by atoms with Gasteiger partial charge in [-0.05, 0) is 55.6 Å². The van der Waals surface area contributed by atoms with Crippen molar-refractivity contribution in [3.63, 3.8) is 0 Å². The first-order valence-corrected chi connectivity index (χ1v) is 7.04. The van der Waals surface area contributed by atoms with Crippen molar-refractivity contribution in [3.8, 4) is 0 Å². The normalized spacial score (nSPS) is 10.3. The fourth-order valence-corrected chi connectivity index (χ4v) is 2.63. The second-order valence-electron chi connectivity index (χ2n) is 3.44. The molecule has 0 amide bonds. The smallest absolute Gasteiger partial charge is 0.144 e. The lowest BCUT2D eigenvalue weighted by Crippen LogP contribution is -1.95. The summed E-state index contributed by atoms with van der Waals surface area (Å²) in [6, 6.07) is 9.88. The van der Waals surface area contributed by atoms with Gasteiger partial charge < -0.3 is 5.32 Å². The van der Waals surface area contributed by atoms with E-state index in [1.165, 1.54) is 0 Å². The van der Waals surface area contributed by atoms with Gasteiger partial charge in [-0.1, -0.05) is 12.1 Å². The van der Waals surface area contributed by atoms with Crippen molar-refractivity contribution in [1.82, 2.24) is 4.98 Å². The number of benzene rings is 1. The fraction of sp³-hybridized carbons (Fsp3) is 0.0833. The van der Waals surface area contributed by atoms with Crippen molar-refractivity contribution in [1.29, 1.82) is 0 Å². The van der Waals surface area contributed by atoms with E-state index in [2.05, 4.69) is 42.2 Å². The van der Waals surface area contributed by atoms with E-state index in [0.717, 1.165) is 26.0 Å². The molecule has 0 aliphatic heterocycles. The number of pyridine rings is 1. The number of hydrogen-bond acceptors (Lipinski definition) is 2. The maximum absolute atomic E-state index is 5.80. The van der Waals surface area contributed by atoms with Crippen molar-refractivity contribution in [2.45, 2.75) is 5.88 Å². The summed E-state index contributed by atoms with van der Waals surface area (Å²) in [7, 11) is 0. The molecule has 0 spiro atoms. The Hall–Kier alpha value is -0.580. The molecule has 0 unspecified atom stereocenters. The first kappa shape index (κ1) is 12.9. The van der Waals surface area contributed by atoms with E-state index in [4.69, 9.17) is 11.6 Å². The van der Waals surface area contributed by atoms with Crippen LogP contribution < -0.4 is 5.32 Å². The molecule has 17 heavy (non-hydrogen) atoms. The summed E-state index contributed by atoms with van der Waals surface area (Å²) in [6.07, 6.45) is 1.75. The zero-order valence-corrected chi connectivity index (χ0v) is 12.7. The Kier molecular flexibility index (Phi) is 4.42. The third-order valence-corrected chi connectivity index (χ3v) is 3.50. The molecule has 0 bridgehead atoms. The second-order valence-corrected chi connectivity index (χ2v) is 5.48. The number of anilines is 2. The lowest BCUT2D eigenvalue weighted by molar-refractivity contribution is 1.27. The van der Waals surface area contributed by atoms with Gasteiger partial charge in [0.05, 0.1) is 4.47 Å². The molecule has 1 aromatic carbocycles. The summed E-state index contributed by atoms with van der Waals surface area (Å²) in [5.41, 5.74) is 2.04. The molecule has 0 fully saturated rings. The van der Waals surface area contributed by atoms with E-state index >= 15 is 0 Å². The summed E-state index contributed by atoms with van der Waals surface area (Å²) >= 11 is 12.6. The maximum atomic E-state index is 5.80. The highest BCUT2D eigenvalue weighted by atomic mass is 79.9. The van der Waals surface area contributed by atoms with Crippen LogP contribution >= 0.6 is 43.5 Å². The molecular formula is C12H9Br2ClN2. The number of alkyl halides is 1. The van der Waals surface area contributed by atoms with Crippen LogP contribution in [0.3, 0.4) is 0 Å². The van der Waals surface area contributed by atoms with Crippen LogP contribution in [0, 0.1) is 0 Å². The van der Waals surface area contributed by atoms with Crippen LogP contribution in [-0.2, 0) is 5.88 Å². The molecule has 5 heteroatoms. The van der Waals surface area contributed by atoms with Gasteiger partial charge in [0.2, 0.25) is 0 Å². The van der Waals surface area contributed by atoms with Crippen LogP contribution in [0.1, 0.15) is 5.56 Å². The summed E-state index contributed by atoms with van der Waals surface area (Å²) in [4.78, 5) is 4.29. The summed E-state index contributed by atoms with van der Waals surface area (Å²) in [5.74, 6) is 1.28. The van der Waals surface area contributed by atoms with E-state index in [1.54, 1.807) is 6.20 Å². The van der Waals surface area contributed by atoms with Crippen LogP contribution in [-0.4, -0.2) is 4.98 Å². The van der Waals surface area contributed by atoms with E-state index in [9.17, 15) is 0 Å². The molecular weight excluding hydrogens is 367 g/mol. The van der Waals surface area contributed by atoms with Crippen molar-refractivity contribution >= 4 is 55.0 Å². The molecule has 2 rings (SSSR count). The van der Waals surface area contributed by atoms with E-state index in [0.29, 0.717) is 5.88 Å². The van der Waals surface area contributed by atoms with Gasteiger partial charge >= 0.3 is 0 Å². The van der Waals surface area contributed by atoms with Gasteiger partial charge in [-0.3, -0.25) is 0 Å². The van der Waals surface area contributed by atoms with Crippen LogP contribution in [0.25, 0.3) is 0 Å². The molecule has 1 heterocycles. The van der Waals surface area contributed by atoms with E-state index < -0.39 is 0 Å². The predicted molar refractivity (Wildman–Crippen MR) is 78.9 cm³/mol. The van der Waals surface area contributed by atoms with Crippen molar-refractivity contribution in [3.05, 3.63) is 51.0 Å². The Morgan fingerprint density at radius 2 is 2.06 bits per heavy atom. The summed E-state index contributed by atoms with van der Waals surface area (Å²) in [6.45, 7) is 0. The van der Waals surface area contributed by atoms with E-state index in [1.807, 2.05) is 30.3 Å². The zero-order valence-electron chi connectivity index (χ0n) is 8.75. The lowest BCUT2D eigenvalue weighted by atomic mass is 10.2. The van der Waals surface area contributed by atoms with Crippen LogP contribution in [0.15, 0.2) is 45.5 Å². The molecule has 2 nitrogen and oxygen atoms in total. The van der Waals surface area contributed by atoms with E-state index in [-0.39, 0.29) is 0 Å². The largest absolute Gasteiger partial charge is 0.339 e. The predicted octanol–water partition coefficient (Wildman–Crippen LogP) is 5.09. The monoisotopic (exact) mass is 374 g/mol. The average Bonchev–Trinajstić information content (AvgIpc) is 2.33. The molecule has 0 saturated carbocycles. The maximum Gasteiger partial charge on any atom is 0.144 e. The average molecular weight is 376 g/mol. The van der Waals surface area contributed by atoms with Crippen LogP contribution in [0.5, 0.6) is 0 Å². The molecule has 0 atom stereocenters. The molecule has 2 aromatic rings. The second kappa shape index (κ2) is 5.85. The Bertz CT molecular complexity index is 532. The SMILES string of the molecule is ClCc1cccc(Nc2ncc(Br)cc2Br)c1. The highest BCUT2D eigenvalue weighted by molar-refractivity contribution is 9.11. The Morgan fingerprint density at radius 1 is 1.24 bits per heavy atom. The van der Waals surface area contributed by atoms with Gasteiger partial charge in [-0.25, -0.2) is 4.98 Å². The van der Waals surface area contributed by atoms with Crippen LogP contribution in [0.2, 0.25) is 0 Å². The number of hydrogen-bond donors (Lipinski definition) is 1. The zero-order chi connectivity index (χ0) is 12.3. The lowest BCUT2D eigenvalue weighted by Gasteiger charge is -2.08. The van der Waals surface area contributed by atoms with Gasteiger partial charge in [0.15, 0.2) is 0 Å². The van der Waals surface area contributed by atoms with Gasteiger partial charge in [0, 0.05) is 22.2 Å².